The minimum atomic E-state index is 0.270. The zero-order valence-electron chi connectivity index (χ0n) is 11.7. The third-order valence-corrected chi connectivity index (χ3v) is 4.79. The number of ether oxygens (including phenoxy) is 1. The Hall–Kier alpha value is 0.210. The second-order valence-corrected chi connectivity index (χ2v) is 6.64. The lowest BCUT2D eigenvalue weighted by Gasteiger charge is -2.33. The summed E-state index contributed by atoms with van der Waals surface area (Å²) in [6.07, 6.45) is 10.8. The van der Waals surface area contributed by atoms with Gasteiger partial charge in [0.1, 0.15) is 0 Å². The van der Waals surface area contributed by atoms with Crippen LogP contribution in [0.25, 0.3) is 0 Å². The van der Waals surface area contributed by atoms with Crippen molar-refractivity contribution in [3.05, 3.63) is 0 Å². The summed E-state index contributed by atoms with van der Waals surface area (Å²) in [5, 5.41) is 3.55. The van der Waals surface area contributed by atoms with Crippen molar-refractivity contribution in [2.45, 2.75) is 70.0 Å². The van der Waals surface area contributed by atoms with Gasteiger partial charge in [0, 0.05) is 12.4 Å². The van der Waals surface area contributed by atoms with Crippen molar-refractivity contribution in [1.82, 2.24) is 5.32 Å². The number of alkyl halides is 1. The third-order valence-electron chi connectivity index (χ3n) is 4.57. The van der Waals surface area contributed by atoms with E-state index >= 15 is 0 Å². The van der Waals surface area contributed by atoms with Crippen LogP contribution in [0.4, 0.5) is 0 Å². The minimum absolute atomic E-state index is 0.270. The van der Waals surface area contributed by atoms with E-state index < -0.39 is 0 Å². The van der Waals surface area contributed by atoms with Crippen LogP contribution in [0.3, 0.4) is 0 Å². The monoisotopic (exact) mass is 273 g/mol. The number of rotatable bonds is 6. The zero-order valence-corrected chi connectivity index (χ0v) is 12.5. The number of hydrogen-bond donors (Lipinski definition) is 1. The molecule has 1 heterocycles. The summed E-state index contributed by atoms with van der Waals surface area (Å²) in [4.78, 5) is 0. The molecule has 0 aromatic heterocycles. The molecule has 3 heteroatoms. The average molecular weight is 274 g/mol. The normalized spacial score (nSPS) is 28.7. The predicted octanol–water partition coefficient (Wildman–Crippen LogP) is 3.72. The van der Waals surface area contributed by atoms with Crippen molar-refractivity contribution < 1.29 is 4.74 Å². The lowest BCUT2D eigenvalue weighted by molar-refractivity contribution is -0.0624. The molecule has 1 aliphatic carbocycles. The Balaban J connectivity index is 1.63. The Labute approximate surface area is 117 Å². The van der Waals surface area contributed by atoms with Gasteiger partial charge < -0.3 is 10.1 Å². The molecule has 1 N–H and O–H groups in total. The highest BCUT2D eigenvalue weighted by atomic mass is 35.5. The maximum Gasteiger partial charge on any atom is 0.0708 e. The summed E-state index contributed by atoms with van der Waals surface area (Å²) in [5.74, 6) is 1.44. The molecule has 2 nitrogen and oxygen atoms in total. The molecule has 106 valence electrons. The van der Waals surface area contributed by atoms with Gasteiger partial charge in [0.2, 0.25) is 0 Å². The molecule has 2 fully saturated rings. The van der Waals surface area contributed by atoms with Crippen molar-refractivity contribution in [2.24, 2.45) is 5.92 Å². The molecule has 1 spiro atoms. The van der Waals surface area contributed by atoms with Gasteiger partial charge in [-0.05, 0) is 44.6 Å². The molecule has 1 saturated carbocycles. The fourth-order valence-corrected chi connectivity index (χ4v) is 3.75. The van der Waals surface area contributed by atoms with Crippen LogP contribution in [-0.2, 0) is 4.74 Å². The van der Waals surface area contributed by atoms with E-state index in [4.69, 9.17) is 16.3 Å². The molecule has 2 unspecified atom stereocenters. The summed E-state index contributed by atoms with van der Waals surface area (Å²) in [6.45, 7) is 4.35. The van der Waals surface area contributed by atoms with Crippen LogP contribution < -0.4 is 5.32 Å². The van der Waals surface area contributed by atoms with Gasteiger partial charge >= 0.3 is 0 Å². The molecule has 1 saturated heterocycles. The Bertz CT molecular complexity index is 241. The van der Waals surface area contributed by atoms with Gasteiger partial charge in [-0.15, -0.1) is 11.6 Å². The standard InChI is InChI=1S/C15H28ClNO/c1-13(6-10-16)11-17-12-14-5-9-15(18-14)7-3-2-4-8-15/h13-14,17H,2-12H2,1H3. The molecule has 2 rings (SSSR count). The first-order valence-electron chi connectivity index (χ1n) is 7.69. The van der Waals surface area contributed by atoms with E-state index in [2.05, 4.69) is 12.2 Å². The van der Waals surface area contributed by atoms with Gasteiger partial charge in [-0.1, -0.05) is 26.2 Å². The topological polar surface area (TPSA) is 21.3 Å². The van der Waals surface area contributed by atoms with Crippen molar-refractivity contribution in [2.75, 3.05) is 19.0 Å². The smallest absolute Gasteiger partial charge is 0.0708 e. The van der Waals surface area contributed by atoms with Crippen LogP contribution in [0.1, 0.15) is 58.3 Å². The third kappa shape index (κ3) is 4.11. The van der Waals surface area contributed by atoms with E-state index in [0.29, 0.717) is 12.0 Å². The summed E-state index contributed by atoms with van der Waals surface area (Å²) in [6, 6.07) is 0. The molecule has 0 amide bonds. The van der Waals surface area contributed by atoms with Crippen molar-refractivity contribution in [1.29, 1.82) is 0 Å². The highest BCUT2D eigenvalue weighted by Gasteiger charge is 2.40. The SMILES string of the molecule is CC(CCCl)CNCC1CCC2(CCCCC2)O1. The highest BCUT2D eigenvalue weighted by Crippen LogP contribution is 2.41. The Morgan fingerprint density at radius 1 is 1.28 bits per heavy atom. The maximum atomic E-state index is 6.34. The molecule has 2 atom stereocenters. The fourth-order valence-electron chi connectivity index (χ4n) is 3.38. The average Bonchev–Trinajstić information content (AvgIpc) is 2.74. The predicted molar refractivity (Wildman–Crippen MR) is 77.3 cm³/mol. The molecular formula is C15H28ClNO. The van der Waals surface area contributed by atoms with Crippen LogP contribution in [-0.4, -0.2) is 30.7 Å². The molecule has 2 aliphatic rings. The first-order valence-corrected chi connectivity index (χ1v) is 8.22. The lowest BCUT2D eigenvalue weighted by Crippen LogP contribution is -2.35. The van der Waals surface area contributed by atoms with E-state index in [0.717, 1.165) is 25.4 Å². The van der Waals surface area contributed by atoms with E-state index in [1.54, 1.807) is 0 Å². The van der Waals surface area contributed by atoms with E-state index in [-0.39, 0.29) is 5.60 Å². The maximum absolute atomic E-state index is 6.34. The largest absolute Gasteiger partial charge is 0.370 e. The van der Waals surface area contributed by atoms with Gasteiger partial charge in [-0.2, -0.15) is 0 Å². The summed E-state index contributed by atoms with van der Waals surface area (Å²) in [5.41, 5.74) is 0.270. The first-order chi connectivity index (χ1) is 8.74. The van der Waals surface area contributed by atoms with E-state index in [9.17, 15) is 0 Å². The lowest BCUT2D eigenvalue weighted by atomic mass is 9.83. The molecule has 0 aromatic carbocycles. The summed E-state index contributed by atoms with van der Waals surface area (Å²) in [7, 11) is 0. The van der Waals surface area contributed by atoms with Crippen LogP contribution >= 0.6 is 11.6 Å². The number of halogens is 1. The first kappa shape index (κ1) is 14.6. The van der Waals surface area contributed by atoms with Crippen molar-refractivity contribution >= 4 is 11.6 Å². The molecule has 0 aromatic rings. The second-order valence-electron chi connectivity index (χ2n) is 6.26. The van der Waals surface area contributed by atoms with Crippen LogP contribution in [0, 0.1) is 5.92 Å². The van der Waals surface area contributed by atoms with Gasteiger partial charge in [-0.25, -0.2) is 0 Å². The Kier molecular flexibility index (Phi) is 5.78. The summed E-state index contributed by atoms with van der Waals surface area (Å²) < 4.78 is 6.34. The van der Waals surface area contributed by atoms with Gasteiger partial charge in [0.15, 0.2) is 0 Å². The molecular weight excluding hydrogens is 246 g/mol. The molecule has 1 aliphatic heterocycles. The minimum Gasteiger partial charge on any atom is -0.370 e. The van der Waals surface area contributed by atoms with E-state index in [1.807, 2.05) is 0 Å². The summed E-state index contributed by atoms with van der Waals surface area (Å²) >= 11 is 5.75. The van der Waals surface area contributed by atoms with Crippen LogP contribution in [0.15, 0.2) is 0 Å². The Morgan fingerprint density at radius 2 is 2.06 bits per heavy atom. The van der Waals surface area contributed by atoms with Crippen LogP contribution in [0.5, 0.6) is 0 Å². The number of hydrogen-bond acceptors (Lipinski definition) is 2. The Morgan fingerprint density at radius 3 is 2.78 bits per heavy atom. The molecule has 0 bridgehead atoms. The van der Waals surface area contributed by atoms with Crippen molar-refractivity contribution in [3.63, 3.8) is 0 Å². The highest BCUT2D eigenvalue weighted by molar-refractivity contribution is 6.17. The van der Waals surface area contributed by atoms with Gasteiger partial charge in [-0.3, -0.25) is 0 Å². The zero-order chi connectivity index (χ0) is 12.8. The molecule has 18 heavy (non-hydrogen) atoms. The quantitative estimate of drug-likeness (QED) is 0.745. The van der Waals surface area contributed by atoms with Gasteiger partial charge in [0.25, 0.3) is 0 Å². The number of nitrogens with one attached hydrogen (secondary N) is 1. The fraction of sp³-hybridized carbons (Fsp3) is 1.00. The van der Waals surface area contributed by atoms with Crippen molar-refractivity contribution in [3.8, 4) is 0 Å². The van der Waals surface area contributed by atoms with E-state index in [1.165, 1.54) is 44.9 Å². The molecule has 0 radical (unpaired) electrons. The van der Waals surface area contributed by atoms with Crippen LogP contribution in [0.2, 0.25) is 0 Å². The van der Waals surface area contributed by atoms with Gasteiger partial charge in [0.05, 0.1) is 11.7 Å². The second kappa shape index (κ2) is 7.12.